The highest BCUT2D eigenvalue weighted by atomic mass is 32.2. The van der Waals surface area contributed by atoms with Crippen LogP contribution in [0.1, 0.15) is 11.1 Å². The van der Waals surface area contributed by atoms with E-state index < -0.39 is 0 Å². The number of hydrogen-bond acceptors (Lipinski definition) is 8. The summed E-state index contributed by atoms with van der Waals surface area (Å²) in [7, 11) is 3.17. The van der Waals surface area contributed by atoms with Gasteiger partial charge >= 0.3 is 0 Å². The molecule has 0 aliphatic carbocycles. The molecule has 0 saturated carbocycles. The topological polar surface area (TPSA) is 79.5 Å². The Kier molecular flexibility index (Phi) is 5.63. The van der Waals surface area contributed by atoms with Crippen LogP contribution in [0.4, 0.5) is 5.00 Å². The number of benzene rings is 1. The molecule has 6 nitrogen and oxygen atoms in total. The predicted octanol–water partition coefficient (Wildman–Crippen LogP) is 3.20. The zero-order valence-electron chi connectivity index (χ0n) is 12.3. The number of hydrogen-bond donors (Lipinski definition) is 1. The first-order valence-electron chi connectivity index (χ1n) is 6.18. The van der Waals surface area contributed by atoms with Crippen molar-refractivity contribution < 1.29 is 9.47 Å². The summed E-state index contributed by atoms with van der Waals surface area (Å²) >= 11 is 2.65. The van der Waals surface area contributed by atoms with E-state index in [2.05, 4.69) is 21.0 Å². The quantitative estimate of drug-likeness (QED) is 0.496. The highest BCUT2D eigenvalue weighted by Crippen LogP contribution is 2.30. The number of rotatable bonds is 6. The fraction of sp³-hybridized carbons (Fsp3) is 0.214. The maximum Gasteiger partial charge on any atom is 0.161 e. The van der Waals surface area contributed by atoms with Crippen LogP contribution in [-0.4, -0.2) is 31.1 Å². The smallest absolute Gasteiger partial charge is 0.161 e. The Morgan fingerprint density at radius 1 is 1.36 bits per heavy atom. The molecule has 0 saturated heterocycles. The molecule has 1 heterocycles. The van der Waals surface area contributed by atoms with Crippen molar-refractivity contribution in [1.29, 1.82) is 5.26 Å². The third-order valence-electron chi connectivity index (χ3n) is 2.75. The zero-order chi connectivity index (χ0) is 15.9. The van der Waals surface area contributed by atoms with Crippen LogP contribution in [0.15, 0.2) is 28.3 Å². The SMILES string of the molecule is COc1ccc(/C=N\Nc2snc(SC)c2C#N)cc1OC. The minimum atomic E-state index is 0.516. The van der Waals surface area contributed by atoms with Gasteiger partial charge < -0.3 is 9.47 Å². The number of nitrogens with one attached hydrogen (secondary N) is 1. The predicted molar refractivity (Wildman–Crippen MR) is 89.4 cm³/mol. The monoisotopic (exact) mass is 334 g/mol. The van der Waals surface area contributed by atoms with Crippen LogP contribution in [0.2, 0.25) is 0 Å². The van der Waals surface area contributed by atoms with Crippen LogP contribution in [0.25, 0.3) is 0 Å². The Balaban J connectivity index is 2.13. The summed E-state index contributed by atoms with van der Waals surface area (Å²) in [6.07, 6.45) is 3.52. The van der Waals surface area contributed by atoms with E-state index in [0.29, 0.717) is 27.1 Å². The van der Waals surface area contributed by atoms with Gasteiger partial charge in [-0.15, -0.1) is 11.8 Å². The standard InChI is InChI=1S/C14H14N4O2S2/c1-19-11-5-4-9(6-12(11)20-2)8-16-17-13-10(7-15)14(21-3)18-22-13/h4-6,8,17H,1-3H3/b16-8-. The van der Waals surface area contributed by atoms with Crippen LogP contribution in [0.5, 0.6) is 11.5 Å². The number of thioether (sulfide) groups is 1. The molecule has 114 valence electrons. The molecule has 0 spiro atoms. The van der Waals surface area contributed by atoms with Gasteiger partial charge in [0.05, 0.1) is 20.4 Å². The molecule has 0 bridgehead atoms. The normalized spacial score (nSPS) is 10.5. The number of aromatic nitrogens is 1. The van der Waals surface area contributed by atoms with Gasteiger partial charge in [0.2, 0.25) is 0 Å². The summed E-state index contributed by atoms with van der Waals surface area (Å²) < 4.78 is 14.6. The Morgan fingerprint density at radius 3 is 2.77 bits per heavy atom. The van der Waals surface area contributed by atoms with Crippen molar-refractivity contribution in [3.05, 3.63) is 29.3 Å². The molecule has 0 radical (unpaired) electrons. The van der Waals surface area contributed by atoms with Crippen LogP contribution in [0.3, 0.4) is 0 Å². The van der Waals surface area contributed by atoms with Crippen molar-refractivity contribution in [3.63, 3.8) is 0 Å². The molecule has 1 aromatic carbocycles. The molecule has 1 N–H and O–H groups in total. The first-order valence-corrected chi connectivity index (χ1v) is 8.18. The van der Waals surface area contributed by atoms with Crippen molar-refractivity contribution in [2.24, 2.45) is 5.10 Å². The van der Waals surface area contributed by atoms with E-state index in [1.807, 2.05) is 18.4 Å². The fourth-order valence-corrected chi connectivity index (χ4v) is 3.11. The van der Waals surface area contributed by atoms with Gasteiger partial charge in [-0.25, -0.2) is 0 Å². The molecule has 0 atom stereocenters. The molecule has 2 rings (SSSR count). The summed E-state index contributed by atoms with van der Waals surface area (Å²) in [6.45, 7) is 0. The van der Waals surface area contributed by atoms with Crippen LogP contribution in [-0.2, 0) is 0 Å². The Bertz CT molecular complexity index is 722. The molecular formula is C14H14N4O2S2. The highest BCUT2D eigenvalue weighted by Gasteiger charge is 2.11. The average molecular weight is 334 g/mol. The minimum Gasteiger partial charge on any atom is -0.493 e. The number of ether oxygens (including phenoxy) is 2. The van der Waals surface area contributed by atoms with Gasteiger partial charge in [0.25, 0.3) is 0 Å². The fourth-order valence-electron chi connectivity index (χ4n) is 1.69. The van der Waals surface area contributed by atoms with Crippen molar-refractivity contribution in [3.8, 4) is 17.6 Å². The number of hydrazone groups is 1. The molecule has 0 fully saturated rings. The Labute approximate surface area is 136 Å². The first-order chi connectivity index (χ1) is 10.7. The number of anilines is 1. The van der Waals surface area contributed by atoms with E-state index in [4.69, 9.17) is 14.7 Å². The van der Waals surface area contributed by atoms with Gasteiger partial charge in [-0.2, -0.15) is 14.7 Å². The largest absolute Gasteiger partial charge is 0.493 e. The Morgan fingerprint density at radius 2 is 2.14 bits per heavy atom. The van der Waals surface area contributed by atoms with E-state index in [1.54, 1.807) is 26.5 Å². The lowest BCUT2D eigenvalue weighted by molar-refractivity contribution is 0.355. The molecule has 0 amide bonds. The second-order valence-corrected chi connectivity index (χ2v) is 5.56. The van der Waals surface area contributed by atoms with Crippen molar-refractivity contribution in [2.75, 3.05) is 25.9 Å². The lowest BCUT2D eigenvalue weighted by Crippen LogP contribution is -1.94. The minimum absolute atomic E-state index is 0.516. The summed E-state index contributed by atoms with van der Waals surface area (Å²) in [5.74, 6) is 1.29. The summed E-state index contributed by atoms with van der Waals surface area (Å²) in [4.78, 5) is 0. The molecular weight excluding hydrogens is 320 g/mol. The van der Waals surface area contributed by atoms with Crippen LogP contribution < -0.4 is 14.9 Å². The molecule has 8 heteroatoms. The lowest BCUT2D eigenvalue weighted by Gasteiger charge is -2.07. The summed E-state index contributed by atoms with van der Waals surface area (Å²) in [6, 6.07) is 7.61. The van der Waals surface area contributed by atoms with Crippen molar-refractivity contribution in [1.82, 2.24) is 4.37 Å². The maximum absolute atomic E-state index is 9.14. The van der Waals surface area contributed by atoms with Gasteiger partial charge in [-0.3, -0.25) is 5.43 Å². The first kappa shape index (κ1) is 16.1. The average Bonchev–Trinajstić information content (AvgIpc) is 2.96. The van der Waals surface area contributed by atoms with Gasteiger partial charge in [-0.05, 0) is 41.6 Å². The van der Waals surface area contributed by atoms with E-state index >= 15 is 0 Å². The third kappa shape index (κ3) is 3.50. The van der Waals surface area contributed by atoms with Gasteiger partial charge in [0, 0.05) is 0 Å². The Hall–Kier alpha value is -2.24. The maximum atomic E-state index is 9.14. The van der Waals surface area contributed by atoms with Gasteiger partial charge in [0.1, 0.15) is 21.7 Å². The summed E-state index contributed by atoms with van der Waals surface area (Å²) in [5, 5.41) is 14.6. The molecule has 0 aliphatic heterocycles. The number of nitrogens with zero attached hydrogens (tertiary/aromatic N) is 3. The second kappa shape index (κ2) is 7.68. The van der Waals surface area contributed by atoms with E-state index in [0.717, 1.165) is 5.56 Å². The van der Waals surface area contributed by atoms with Crippen molar-refractivity contribution in [2.45, 2.75) is 5.03 Å². The molecule has 2 aromatic rings. The number of methoxy groups -OCH3 is 2. The molecule has 22 heavy (non-hydrogen) atoms. The van der Waals surface area contributed by atoms with E-state index in [9.17, 15) is 0 Å². The second-order valence-electron chi connectivity index (χ2n) is 3.99. The molecule has 1 aromatic heterocycles. The van der Waals surface area contributed by atoms with Crippen LogP contribution in [0, 0.1) is 11.3 Å². The third-order valence-corrected chi connectivity index (χ3v) is 4.30. The lowest BCUT2D eigenvalue weighted by atomic mass is 10.2. The molecule has 0 unspecified atom stereocenters. The van der Waals surface area contributed by atoms with E-state index in [1.165, 1.54) is 23.3 Å². The number of nitriles is 1. The summed E-state index contributed by atoms with van der Waals surface area (Å²) in [5.41, 5.74) is 4.21. The van der Waals surface area contributed by atoms with E-state index in [-0.39, 0.29) is 0 Å². The highest BCUT2D eigenvalue weighted by molar-refractivity contribution is 7.98. The van der Waals surface area contributed by atoms with Crippen molar-refractivity contribution >= 4 is 34.5 Å². The molecule has 0 aliphatic rings. The van der Waals surface area contributed by atoms with Crippen LogP contribution >= 0.6 is 23.3 Å². The van der Waals surface area contributed by atoms with Gasteiger partial charge in [0.15, 0.2) is 11.5 Å². The van der Waals surface area contributed by atoms with Gasteiger partial charge in [-0.1, -0.05) is 0 Å². The zero-order valence-corrected chi connectivity index (χ0v) is 13.9.